The molecule has 20 heavy (non-hydrogen) atoms. The quantitative estimate of drug-likeness (QED) is 0.840. The van der Waals surface area contributed by atoms with Crippen LogP contribution in [-0.4, -0.2) is 24.5 Å². The molecule has 2 amide bonds. The van der Waals surface area contributed by atoms with Gasteiger partial charge < -0.3 is 15.8 Å². The Bertz CT molecular complexity index is 474. The van der Waals surface area contributed by atoms with Gasteiger partial charge in [0.2, 0.25) is 0 Å². The highest BCUT2D eigenvalue weighted by atomic mass is 19.4. The second kappa shape index (κ2) is 5.47. The Kier molecular flexibility index (Phi) is 4.36. The van der Waals surface area contributed by atoms with Gasteiger partial charge in [-0.2, -0.15) is 22.0 Å². The number of nitrogens with two attached hydrogens (primary N) is 1. The molecule has 0 aliphatic rings. The predicted octanol–water partition coefficient (Wildman–Crippen LogP) is 3.05. The van der Waals surface area contributed by atoms with Crippen LogP contribution in [0.5, 0.6) is 5.75 Å². The number of carbonyl (C=O) groups excluding carboxylic acids is 1. The smallest absolute Gasteiger partial charge is 0.430 e. The topological polar surface area (TPSA) is 64.4 Å². The van der Waals surface area contributed by atoms with Gasteiger partial charge in [0.25, 0.3) is 6.17 Å². The summed E-state index contributed by atoms with van der Waals surface area (Å²) < 4.78 is 77.6. The lowest BCUT2D eigenvalue weighted by atomic mass is 10.3. The number of nitrogens with one attached hydrogen (secondary N) is 1. The molecule has 0 aliphatic carbocycles. The molecule has 0 aliphatic heterocycles. The molecule has 3 N–H and O–H groups in total. The third-order valence-corrected chi connectivity index (χ3v) is 1.96. The summed E-state index contributed by atoms with van der Waals surface area (Å²) in [6, 6.07) is 2.79. The summed E-state index contributed by atoms with van der Waals surface area (Å²) in [5, 5.41) is 2.08. The van der Waals surface area contributed by atoms with Crippen LogP contribution in [0.25, 0.3) is 0 Å². The summed E-state index contributed by atoms with van der Waals surface area (Å²) in [6.45, 7) is 0. The number of rotatable bonds is 4. The Morgan fingerprint density at radius 3 is 2.05 bits per heavy atom. The van der Waals surface area contributed by atoms with E-state index in [9.17, 15) is 31.1 Å². The molecule has 1 aromatic carbocycles. The first-order valence-corrected chi connectivity index (χ1v) is 4.96. The molecule has 0 spiro atoms. The first-order chi connectivity index (χ1) is 9.02. The van der Waals surface area contributed by atoms with E-state index in [1.54, 1.807) is 0 Å². The first-order valence-electron chi connectivity index (χ1n) is 4.96. The van der Waals surface area contributed by atoms with Gasteiger partial charge in [0, 0.05) is 5.69 Å². The summed E-state index contributed by atoms with van der Waals surface area (Å²) in [4.78, 5) is 10.5. The molecule has 0 heterocycles. The second-order valence-electron chi connectivity index (χ2n) is 3.58. The van der Waals surface area contributed by atoms with E-state index in [0.717, 1.165) is 24.3 Å². The molecule has 1 unspecified atom stereocenters. The molecule has 0 saturated heterocycles. The fourth-order valence-corrected chi connectivity index (χ4v) is 1.15. The summed E-state index contributed by atoms with van der Waals surface area (Å²) in [5.74, 6) is -0.711. The zero-order valence-corrected chi connectivity index (χ0v) is 9.55. The molecule has 1 rings (SSSR count). The van der Waals surface area contributed by atoms with Gasteiger partial charge in [-0.3, -0.25) is 0 Å². The Hall–Kier alpha value is -2.13. The van der Waals surface area contributed by atoms with Crippen molar-refractivity contribution >= 4 is 11.7 Å². The number of hydrogen-bond donors (Lipinski definition) is 2. The third-order valence-electron chi connectivity index (χ3n) is 1.96. The number of primary amides is 1. The van der Waals surface area contributed by atoms with Crippen LogP contribution in [0.2, 0.25) is 0 Å². The molecule has 112 valence electrons. The van der Waals surface area contributed by atoms with E-state index in [0.29, 0.717) is 0 Å². The van der Waals surface area contributed by atoms with Crippen LogP contribution in [-0.2, 0) is 0 Å². The lowest BCUT2D eigenvalue weighted by molar-refractivity contribution is -0.304. The average molecular weight is 302 g/mol. The van der Waals surface area contributed by atoms with Crippen LogP contribution >= 0.6 is 0 Å². The van der Waals surface area contributed by atoms with Crippen molar-refractivity contribution in [3.8, 4) is 5.75 Å². The van der Waals surface area contributed by atoms with Crippen molar-refractivity contribution in [1.29, 1.82) is 0 Å². The Balaban J connectivity index is 2.80. The van der Waals surface area contributed by atoms with Crippen molar-refractivity contribution in [2.75, 3.05) is 5.32 Å². The molecule has 1 aromatic rings. The lowest BCUT2D eigenvalue weighted by Crippen LogP contribution is -2.45. The van der Waals surface area contributed by atoms with Crippen molar-refractivity contribution < 1.29 is 35.9 Å². The maximum Gasteiger partial charge on any atom is 0.439 e. The highest BCUT2D eigenvalue weighted by molar-refractivity contribution is 5.87. The van der Waals surface area contributed by atoms with E-state index in [4.69, 9.17) is 5.73 Å². The monoisotopic (exact) mass is 302 g/mol. The molecule has 0 fully saturated rings. The van der Waals surface area contributed by atoms with Crippen molar-refractivity contribution in [2.45, 2.75) is 18.5 Å². The fraction of sp³-hybridized carbons (Fsp3) is 0.300. The molecule has 4 nitrogen and oxygen atoms in total. The maximum atomic E-state index is 12.9. The number of alkyl halides is 6. The number of halogens is 6. The van der Waals surface area contributed by atoms with Gasteiger partial charge in [-0.1, -0.05) is 0 Å². The number of ether oxygens (including phenoxy) is 1. The normalized spacial score (nSPS) is 13.7. The van der Waals surface area contributed by atoms with Crippen LogP contribution in [0.3, 0.4) is 0 Å². The number of urea groups is 1. The minimum Gasteiger partial charge on any atom is -0.430 e. The largest absolute Gasteiger partial charge is 0.439 e. The van der Waals surface area contributed by atoms with Gasteiger partial charge in [0.1, 0.15) is 5.75 Å². The standard InChI is InChI=1S/C10H8F6N2O2/c11-7(9(12,13)14)10(15,16)20-6-3-1-5(2-4-6)18-8(17)19/h1-4,7H,(H3,17,18,19). The lowest BCUT2D eigenvalue weighted by Gasteiger charge is -2.23. The number of benzene rings is 1. The van der Waals surface area contributed by atoms with Gasteiger partial charge in [-0.05, 0) is 24.3 Å². The van der Waals surface area contributed by atoms with E-state index < -0.39 is 30.2 Å². The zero-order valence-electron chi connectivity index (χ0n) is 9.55. The molecule has 10 heteroatoms. The van der Waals surface area contributed by atoms with Gasteiger partial charge in [0.05, 0.1) is 0 Å². The Morgan fingerprint density at radius 2 is 1.65 bits per heavy atom. The molecule has 0 radical (unpaired) electrons. The van der Waals surface area contributed by atoms with Gasteiger partial charge in [0.15, 0.2) is 0 Å². The summed E-state index contributed by atoms with van der Waals surface area (Å²) >= 11 is 0. The average Bonchev–Trinajstić information content (AvgIpc) is 2.28. The molecule has 0 saturated carbocycles. The first kappa shape index (κ1) is 15.9. The van der Waals surface area contributed by atoms with E-state index in [2.05, 4.69) is 10.1 Å². The SMILES string of the molecule is NC(=O)Nc1ccc(OC(F)(F)C(F)C(F)(F)F)cc1. The number of hydrogen-bond acceptors (Lipinski definition) is 2. The fourth-order valence-electron chi connectivity index (χ4n) is 1.15. The van der Waals surface area contributed by atoms with Crippen molar-refractivity contribution in [1.82, 2.24) is 0 Å². The van der Waals surface area contributed by atoms with E-state index >= 15 is 0 Å². The second-order valence-corrected chi connectivity index (χ2v) is 3.58. The minimum absolute atomic E-state index is 0.0980. The molecule has 0 aromatic heterocycles. The van der Waals surface area contributed by atoms with Crippen LogP contribution in [0.15, 0.2) is 24.3 Å². The zero-order chi connectivity index (χ0) is 15.6. The van der Waals surface area contributed by atoms with E-state index in [-0.39, 0.29) is 5.69 Å². The van der Waals surface area contributed by atoms with Crippen LogP contribution in [0.1, 0.15) is 0 Å². The minimum atomic E-state index is -5.75. The van der Waals surface area contributed by atoms with Crippen LogP contribution in [0, 0.1) is 0 Å². The number of amides is 2. The van der Waals surface area contributed by atoms with E-state index in [1.807, 2.05) is 0 Å². The number of carbonyl (C=O) groups is 1. The van der Waals surface area contributed by atoms with Gasteiger partial charge in [-0.25, -0.2) is 9.18 Å². The van der Waals surface area contributed by atoms with Gasteiger partial charge in [-0.15, -0.1) is 0 Å². The van der Waals surface area contributed by atoms with Crippen LogP contribution < -0.4 is 15.8 Å². The van der Waals surface area contributed by atoms with Crippen molar-refractivity contribution in [3.63, 3.8) is 0 Å². The molecule has 1 atom stereocenters. The van der Waals surface area contributed by atoms with Crippen molar-refractivity contribution in [2.24, 2.45) is 5.73 Å². The summed E-state index contributed by atoms with van der Waals surface area (Å²) in [6.07, 6.45) is -15.3. The Morgan fingerprint density at radius 1 is 1.15 bits per heavy atom. The summed E-state index contributed by atoms with van der Waals surface area (Å²) in [7, 11) is 0. The highest BCUT2D eigenvalue weighted by Crippen LogP contribution is 2.36. The molecular weight excluding hydrogens is 294 g/mol. The summed E-state index contributed by atoms with van der Waals surface area (Å²) in [5.41, 5.74) is 4.87. The molecular formula is C10H8F6N2O2. The molecule has 0 bridgehead atoms. The number of anilines is 1. The van der Waals surface area contributed by atoms with E-state index in [1.165, 1.54) is 0 Å². The Labute approximate surface area is 108 Å². The van der Waals surface area contributed by atoms with Crippen molar-refractivity contribution in [3.05, 3.63) is 24.3 Å². The van der Waals surface area contributed by atoms with Crippen LogP contribution in [0.4, 0.5) is 36.8 Å². The van der Waals surface area contributed by atoms with Gasteiger partial charge >= 0.3 is 18.3 Å². The highest BCUT2D eigenvalue weighted by Gasteiger charge is 2.59. The third kappa shape index (κ3) is 4.21. The maximum absolute atomic E-state index is 12.9. The predicted molar refractivity (Wildman–Crippen MR) is 56.2 cm³/mol.